The Morgan fingerprint density at radius 1 is 0.871 bits per heavy atom. The number of likely N-dealkylation sites (tertiary alicyclic amines) is 1. The van der Waals surface area contributed by atoms with E-state index in [1.807, 2.05) is 37.4 Å². The summed E-state index contributed by atoms with van der Waals surface area (Å²) in [4.78, 5) is 18.6. The quantitative estimate of drug-likeness (QED) is 0.598. The van der Waals surface area contributed by atoms with Gasteiger partial charge in [-0.1, -0.05) is 66.9 Å². The maximum atomic E-state index is 13.8. The van der Waals surface area contributed by atoms with Crippen molar-refractivity contribution >= 4 is 28.7 Å². The summed E-state index contributed by atoms with van der Waals surface area (Å²) in [6.45, 7) is 2.38. The van der Waals surface area contributed by atoms with Crippen LogP contribution in [0.15, 0.2) is 54.6 Å². The molecule has 1 aliphatic heterocycles. The van der Waals surface area contributed by atoms with Crippen LogP contribution in [-0.4, -0.2) is 47.9 Å². The molecule has 0 N–H and O–H groups in total. The van der Waals surface area contributed by atoms with Crippen molar-refractivity contribution in [2.75, 3.05) is 20.1 Å². The molecule has 2 aromatic rings. The molecule has 162 valence electrons. The summed E-state index contributed by atoms with van der Waals surface area (Å²) < 4.78 is 0. The van der Waals surface area contributed by atoms with E-state index in [1.165, 1.54) is 50.8 Å². The zero-order valence-electron chi connectivity index (χ0n) is 18.3. The van der Waals surface area contributed by atoms with Crippen LogP contribution in [0.1, 0.15) is 49.7 Å². The first kappa shape index (κ1) is 20.8. The average molecular weight is 435 g/mol. The standard InChI is InChI=1S/C27H31ClN2O/c1-29(22-11-5-6-12-23(22)30-17-7-8-18-30)27(31)26-24(19-9-3-2-4-10-19)25(26)20-13-15-21(28)16-14-20/h2-4,9-10,13-16,22-23,26H,5-8,11-12,17-18H2,1H3. The Hall–Kier alpha value is -2.10. The molecule has 0 radical (unpaired) electrons. The molecule has 3 aliphatic rings. The van der Waals surface area contributed by atoms with Crippen LogP contribution >= 0.6 is 11.6 Å². The fourth-order valence-corrected chi connectivity index (χ4v) is 5.90. The lowest BCUT2D eigenvalue weighted by Gasteiger charge is -2.42. The molecule has 0 aromatic heterocycles. The normalized spacial score (nSPS) is 26.2. The van der Waals surface area contributed by atoms with Gasteiger partial charge in [0.2, 0.25) is 5.91 Å². The highest BCUT2D eigenvalue weighted by molar-refractivity contribution is 6.30. The van der Waals surface area contributed by atoms with E-state index >= 15 is 0 Å². The number of likely N-dealkylation sites (N-methyl/N-ethyl adjacent to an activating group) is 1. The first-order valence-electron chi connectivity index (χ1n) is 11.7. The maximum Gasteiger partial charge on any atom is 0.234 e. The third kappa shape index (κ3) is 4.06. The second-order valence-corrected chi connectivity index (χ2v) is 9.68. The van der Waals surface area contributed by atoms with E-state index in [0.29, 0.717) is 12.1 Å². The number of carbonyl (C=O) groups excluding carboxylic acids is 1. The molecule has 1 saturated heterocycles. The van der Waals surface area contributed by atoms with Gasteiger partial charge >= 0.3 is 0 Å². The maximum absolute atomic E-state index is 13.8. The van der Waals surface area contributed by atoms with Crippen molar-refractivity contribution < 1.29 is 4.79 Å². The molecule has 1 heterocycles. The summed E-state index contributed by atoms with van der Waals surface area (Å²) in [5.41, 5.74) is 4.59. The van der Waals surface area contributed by atoms with Gasteiger partial charge in [-0.2, -0.15) is 0 Å². The van der Waals surface area contributed by atoms with Crippen LogP contribution in [-0.2, 0) is 4.79 Å². The fraction of sp³-hybridized carbons (Fsp3) is 0.444. The van der Waals surface area contributed by atoms with Crippen molar-refractivity contribution in [2.24, 2.45) is 5.92 Å². The summed E-state index contributed by atoms with van der Waals surface area (Å²) in [5.74, 6) is 0.106. The number of nitrogens with zero attached hydrogens (tertiary/aromatic N) is 2. The van der Waals surface area contributed by atoms with Gasteiger partial charge in [0.15, 0.2) is 0 Å². The molecule has 0 spiro atoms. The van der Waals surface area contributed by atoms with Gasteiger partial charge in [0.1, 0.15) is 0 Å². The van der Waals surface area contributed by atoms with Crippen molar-refractivity contribution in [1.82, 2.24) is 9.80 Å². The second-order valence-electron chi connectivity index (χ2n) is 9.24. The molecule has 2 fully saturated rings. The molecular weight excluding hydrogens is 404 g/mol. The molecule has 4 heteroatoms. The minimum atomic E-state index is -0.144. The number of halogens is 1. The molecule has 2 aromatic carbocycles. The first-order chi connectivity index (χ1) is 15.1. The van der Waals surface area contributed by atoms with Crippen LogP contribution in [0.3, 0.4) is 0 Å². The Balaban J connectivity index is 1.41. The minimum Gasteiger partial charge on any atom is -0.340 e. The Bertz CT molecular complexity index is 962. The molecule has 2 aliphatic carbocycles. The predicted octanol–water partition coefficient (Wildman–Crippen LogP) is 5.75. The van der Waals surface area contributed by atoms with Crippen LogP contribution in [0.25, 0.3) is 11.1 Å². The number of hydrogen-bond donors (Lipinski definition) is 0. The smallest absolute Gasteiger partial charge is 0.234 e. The molecule has 31 heavy (non-hydrogen) atoms. The van der Waals surface area contributed by atoms with Gasteiger partial charge in [0.25, 0.3) is 0 Å². The Morgan fingerprint density at radius 2 is 1.48 bits per heavy atom. The largest absolute Gasteiger partial charge is 0.340 e. The van der Waals surface area contributed by atoms with E-state index in [2.05, 4.69) is 34.1 Å². The first-order valence-corrected chi connectivity index (χ1v) is 12.1. The lowest BCUT2D eigenvalue weighted by atomic mass is 9.88. The number of hydrogen-bond acceptors (Lipinski definition) is 2. The predicted molar refractivity (Wildman–Crippen MR) is 128 cm³/mol. The lowest BCUT2D eigenvalue weighted by molar-refractivity contribution is -0.134. The van der Waals surface area contributed by atoms with Crippen LogP contribution in [0, 0.1) is 5.92 Å². The zero-order valence-corrected chi connectivity index (χ0v) is 19.0. The van der Waals surface area contributed by atoms with E-state index in [-0.39, 0.29) is 11.8 Å². The monoisotopic (exact) mass is 434 g/mol. The molecule has 1 amide bonds. The SMILES string of the molecule is CN(C(=O)C1C(c2ccccc2)=C1c1ccc(Cl)cc1)C1CCCCC1N1CCCC1. The topological polar surface area (TPSA) is 23.6 Å². The summed E-state index contributed by atoms with van der Waals surface area (Å²) in [7, 11) is 2.04. The number of carbonyl (C=O) groups is 1. The highest BCUT2D eigenvalue weighted by atomic mass is 35.5. The third-order valence-electron chi connectivity index (χ3n) is 7.42. The van der Waals surface area contributed by atoms with Gasteiger partial charge in [-0.3, -0.25) is 9.69 Å². The Morgan fingerprint density at radius 3 is 2.16 bits per heavy atom. The van der Waals surface area contributed by atoms with Gasteiger partial charge in [-0.05, 0) is 73.2 Å². The van der Waals surface area contributed by atoms with Gasteiger partial charge in [-0.15, -0.1) is 0 Å². The van der Waals surface area contributed by atoms with E-state index in [0.717, 1.165) is 28.1 Å². The van der Waals surface area contributed by atoms with E-state index in [1.54, 1.807) is 0 Å². The summed E-state index contributed by atoms with van der Waals surface area (Å²) in [6.07, 6.45) is 7.43. The van der Waals surface area contributed by atoms with Crippen LogP contribution in [0.5, 0.6) is 0 Å². The highest BCUT2D eigenvalue weighted by Gasteiger charge is 2.47. The van der Waals surface area contributed by atoms with Gasteiger partial charge in [0.05, 0.1) is 5.92 Å². The summed E-state index contributed by atoms with van der Waals surface area (Å²) in [5, 5.41) is 0.724. The molecule has 0 bridgehead atoms. The molecule has 1 saturated carbocycles. The third-order valence-corrected chi connectivity index (χ3v) is 7.67. The number of rotatable bonds is 5. The van der Waals surface area contributed by atoms with Gasteiger partial charge in [0, 0.05) is 24.2 Å². The number of benzene rings is 2. The van der Waals surface area contributed by atoms with Crippen molar-refractivity contribution in [3.05, 3.63) is 70.7 Å². The van der Waals surface area contributed by atoms with Gasteiger partial charge in [-0.25, -0.2) is 0 Å². The molecular formula is C27H31ClN2O. The molecule has 3 atom stereocenters. The van der Waals surface area contributed by atoms with Gasteiger partial charge < -0.3 is 4.90 Å². The lowest BCUT2D eigenvalue weighted by Crippen LogP contribution is -2.53. The van der Waals surface area contributed by atoms with E-state index < -0.39 is 0 Å². The van der Waals surface area contributed by atoms with Crippen molar-refractivity contribution in [2.45, 2.75) is 50.6 Å². The molecule has 5 rings (SSSR count). The molecule has 3 nitrogen and oxygen atoms in total. The Kier molecular flexibility index (Phi) is 5.90. The number of amides is 1. The van der Waals surface area contributed by atoms with Crippen molar-refractivity contribution in [1.29, 1.82) is 0 Å². The summed E-state index contributed by atoms with van der Waals surface area (Å²) in [6, 6.07) is 19.1. The minimum absolute atomic E-state index is 0.144. The summed E-state index contributed by atoms with van der Waals surface area (Å²) >= 11 is 6.12. The Labute approximate surface area is 190 Å². The highest BCUT2D eigenvalue weighted by Crippen LogP contribution is 2.54. The van der Waals surface area contributed by atoms with Crippen LogP contribution in [0.4, 0.5) is 0 Å². The fourth-order valence-electron chi connectivity index (χ4n) is 5.77. The van der Waals surface area contributed by atoms with E-state index in [9.17, 15) is 4.79 Å². The molecule has 3 unspecified atom stereocenters. The van der Waals surface area contributed by atoms with Crippen LogP contribution < -0.4 is 0 Å². The van der Waals surface area contributed by atoms with Crippen LogP contribution in [0.2, 0.25) is 5.02 Å². The van der Waals surface area contributed by atoms with E-state index in [4.69, 9.17) is 11.6 Å². The van der Waals surface area contributed by atoms with Crippen molar-refractivity contribution in [3.8, 4) is 0 Å². The second kappa shape index (κ2) is 8.80. The average Bonchev–Trinajstić information content (AvgIpc) is 3.31. The zero-order chi connectivity index (χ0) is 21.4. The van der Waals surface area contributed by atoms with Crippen molar-refractivity contribution in [3.63, 3.8) is 0 Å².